The minimum Gasteiger partial charge on any atom is -0.508 e. The van der Waals surface area contributed by atoms with Crippen LogP contribution in [0.2, 0.25) is 0 Å². The van der Waals surface area contributed by atoms with Gasteiger partial charge >= 0.3 is 17.9 Å². The number of carboxylic acids is 1. The zero-order valence-corrected chi connectivity index (χ0v) is 43.6. The van der Waals surface area contributed by atoms with E-state index in [1.807, 2.05) is 91.8 Å². The number of aliphatic carboxylic acids is 1. The third kappa shape index (κ3) is 9.01. The quantitative estimate of drug-likeness (QED) is 0.0316. The van der Waals surface area contributed by atoms with E-state index in [0.717, 1.165) is 28.5 Å². The number of nitrogens with one attached hydrogen (secondary N) is 2. The number of aromatic hydroxyl groups is 1. The monoisotopic (exact) mass is 1130 g/mol. The van der Waals surface area contributed by atoms with Gasteiger partial charge in [-0.3, -0.25) is 33.7 Å². The number of hydrogen-bond donors (Lipinski definition) is 4. The van der Waals surface area contributed by atoms with Crippen LogP contribution in [0.25, 0.3) is 0 Å². The van der Waals surface area contributed by atoms with Crippen LogP contribution in [0.1, 0.15) is 78.0 Å². The summed E-state index contributed by atoms with van der Waals surface area (Å²) in [5, 5.41) is 27.5. The molecule has 4 fully saturated rings. The Morgan fingerprint density at radius 3 is 2.21 bits per heavy atom. The van der Waals surface area contributed by atoms with Gasteiger partial charge in [-0.1, -0.05) is 91.0 Å². The van der Waals surface area contributed by atoms with Crippen molar-refractivity contribution in [3.63, 3.8) is 0 Å². The minimum absolute atomic E-state index is 0.0147. The van der Waals surface area contributed by atoms with Crippen molar-refractivity contribution >= 4 is 63.9 Å². The summed E-state index contributed by atoms with van der Waals surface area (Å²) >= 11 is 2.14. The zero-order valence-electron chi connectivity index (χ0n) is 41.5. The fourth-order valence-corrected chi connectivity index (χ4v) is 13.1. The third-order valence-electron chi connectivity index (χ3n) is 15.6. The van der Waals surface area contributed by atoms with Crippen LogP contribution in [0.3, 0.4) is 0 Å². The highest BCUT2D eigenvalue weighted by Crippen LogP contribution is 2.66. The molecule has 4 N–H and O–H groups in total. The van der Waals surface area contributed by atoms with Crippen LogP contribution in [0.5, 0.6) is 11.5 Å². The molecule has 5 aromatic carbocycles. The van der Waals surface area contributed by atoms with Gasteiger partial charge in [0.2, 0.25) is 17.7 Å². The molecule has 388 valence electrons. The number of fused-ring (bicyclic) bond motifs is 4. The maximum absolute atomic E-state index is 15.1. The molecule has 0 aliphatic carbocycles. The molecule has 10 rings (SSSR count). The predicted molar refractivity (Wildman–Crippen MR) is 284 cm³/mol. The largest absolute Gasteiger partial charge is 0.508 e. The van der Waals surface area contributed by atoms with Gasteiger partial charge < -0.3 is 44.9 Å². The van der Waals surface area contributed by atoms with E-state index in [2.05, 4.69) is 44.7 Å². The number of carboxylic acid groups (broad SMARTS) is 1. The number of ether oxygens (including phenoxy) is 3. The second-order valence-corrected chi connectivity index (χ2v) is 21.4. The molecular formula is C58H58IN5O11. The van der Waals surface area contributed by atoms with Crippen LogP contribution in [0.15, 0.2) is 140 Å². The lowest BCUT2D eigenvalue weighted by Crippen LogP contribution is -2.61. The number of benzene rings is 5. The van der Waals surface area contributed by atoms with Gasteiger partial charge in [-0.15, -0.1) is 6.58 Å². The average Bonchev–Trinajstić information content (AvgIpc) is 4.27. The summed E-state index contributed by atoms with van der Waals surface area (Å²) in [5.41, 5.74) is 0.163. The van der Waals surface area contributed by atoms with Gasteiger partial charge in [-0.2, -0.15) is 0 Å². The second-order valence-electron chi connectivity index (χ2n) is 20.2. The van der Waals surface area contributed by atoms with Gasteiger partial charge in [0.15, 0.2) is 5.60 Å². The highest BCUT2D eigenvalue weighted by atomic mass is 127. The zero-order chi connectivity index (χ0) is 52.8. The SMILES string of the molecule is C=CC[C@]1(c2ccccc2)OC(=O)[C@@H]2[C@@H](C(=O)O)[C@]3(C(=O)Nc4ccc(I)cc43)[C@@H](c3ccc(OCCOC(=O)[C@H]4C[C@H]5C(=O)N[C@@H](CCCCN(C)C)C(=O)N5[C@H]4c4ccc(O)cc4)cc3)N2[C@H]1c1ccccc1. The number of nitrogens with zero attached hydrogens (tertiary/aromatic N) is 3. The van der Waals surface area contributed by atoms with Crippen LogP contribution < -0.4 is 15.4 Å². The summed E-state index contributed by atoms with van der Waals surface area (Å²) < 4.78 is 19.4. The van der Waals surface area contributed by atoms with E-state index in [0.29, 0.717) is 40.1 Å². The number of phenols is 1. The molecule has 0 bridgehead atoms. The standard InChI is InChI=1S/C58H58IN5O11/c1-4-28-57(37-15-9-6-10-16-37)49(35-13-7-5-8-14-35)64-48(55(71)75-57)46(53(68)69)58(42-32-38(59)22-27-43(42)61-56(58)72)50(64)36-20-25-40(26-21-36)73-30-31-74-54(70)41-33-45-51(66)60-44(17-11-12-29-62(2)3)52(67)63(45)47(41)34-18-23-39(65)24-19-34/h4-10,13-16,18-27,32,41,44-50,65H,1,11-12,17,28-31,33H2,2-3H3,(H,60,66)(H,61,72)(H,68,69)/t41-,44-,45-,46-,47-,48-,49-,50+,57+,58-/m0/s1. The Labute approximate surface area is 448 Å². The maximum Gasteiger partial charge on any atom is 0.325 e. The molecule has 5 aliphatic heterocycles. The lowest BCUT2D eigenvalue weighted by atomic mass is 9.65. The molecule has 0 aromatic heterocycles. The molecule has 3 amide bonds. The number of hydrogen-bond acceptors (Lipinski definition) is 12. The average molecular weight is 1130 g/mol. The van der Waals surface area contributed by atoms with Crippen molar-refractivity contribution in [2.45, 2.75) is 79.4 Å². The fourth-order valence-electron chi connectivity index (χ4n) is 12.6. The number of morpholine rings is 1. The number of halogens is 1. The number of phenolic OH excluding ortho intramolecular Hbond substituents is 1. The molecule has 16 nitrogen and oxygen atoms in total. The molecule has 5 aromatic rings. The first kappa shape index (κ1) is 51.4. The fraction of sp³-hybridized carbons (Fsp3) is 0.345. The first-order valence-electron chi connectivity index (χ1n) is 25.2. The third-order valence-corrected chi connectivity index (χ3v) is 16.3. The van der Waals surface area contributed by atoms with Gasteiger partial charge in [-0.05, 0) is 139 Å². The summed E-state index contributed by atoms with van der Waals surface area (Å²) in [4.78, 5) is 91.4. The molecule has 4 saturated heterocycles. The van der Waals surface area contributed by atoms with Crippen LogP contribution in [-0.2, 0) is 49.3 Å². The Morgan fingerprint density at radius 1 is 0.853 bits per heavy atom. The second kappa shape index (κ2) is 20.9. The van der Waals surface area contributed by atoms with E-state index in [4.69, 9.17) is 14.2 Å². The number of esters is 2. The molecule has 1 spiro atoms. The highest BCUT2D eigenvalue weighted by Gasteiger charge is 2.76. The minimum atomic E-state index is -1.85. The van der Waals surface area contributed by atoms with Crippen molar-refractivity contribution < 1.29 is 53.2 Å². The number of rotatable bonds is 17. The maximum atomic E-state index is 15.1. The number of anilines is 1. The van der Waals surface area contributed by atoms with Gasteiger partial charge in [0.05, 0.1) is 24.0 Å². The number of carbonyl (C=O) groups is 6. The molecule has 0 radical (unpaired) electrons. The van der Waals surface area contributed by atoms with Crippen molar-refractivity contribution in [3.8, 4) is 11.5 Å². The van der Waals surface area contributed by atoms with Gasteiger partial charge in [0.1, 0.15) is 54.2 Å². The molecule has 0 saturated carbocycles. The Hall–Kier alpha value is -7.09. The molecule has 0 unspecified atom stereocenters. The summed E-state index contributed by atoms with van der Waals surface area (Å²) in [7, 11) is 3.95. The molecular weight excluding hydrogens is 1070 g/mol. The van der Waals surface area contributed by atoms with Crippen molar-refractivity contribution in [3.05, 3.63) is 171 Å². The van der Waals surface area contributed by atoms with Crippen molar-refractivity contribution in [1.82, 2.24) is 20.0 Å². The van der Waals surface area contributed by atoms with Gasteiger partial charge in [-0.25, -0.2) is 0 Å². The number of unbranched alkanes of at least 4 members (excludes halogenated alkanes) is 1. The molecule has 10 atom stereocenters. The first-order chi connectivity index (χ1) is 36.2. The van der Waals surface area contributed by atoms with Crippen LogP contribution in [0, 0.1) is 15.4 Å². The van der Waals surface area contributed by atoms with Crippen molar-refractivity contribution in [1.29, 1.82) is 0 Å². The van der Waals surface area contributed by atoms with E-state index >= 15 is 9.59 Å². The van der Waals surface area contributed by atoms with E-state index in [-0.39, 0.29) is 43.6 Å². The Balaban J connectivity index is 0.947. The topological polar surface area (TPSA) is 204 Å². The van der Waals surface area contributed by atoms with Crippen molar-refractivity contribution in [2.75, 3.05) is 39.2 Å². The van der Waals surface area contributed by atoms with Crippen LogP contribution >= 0.6 is 22.6 Å². The summed E-state index contributed by atoms with van der Waals surface area (Å²) in [5.74, 6) is -5.99. The highest BCUT2D eigenvalue weighted by molar-refractivity contribution is 14.1. The lowest BCUT2D eigenvalue weighted by molar-refractivity contribution is -0.203. The number of amides is 3. The molecule has 17 heteroatoms. The smallest absolute Gasteiger partial charge is 0.325 e. The predicted octanol–water partition coefficient (Wildman–Crippen LogP) is 7.19. The summed E-state index contributed by atoms with van der Waals surface area (Å²) in [6.45, 7) is 4.67. The van der Waals surface area contributed by atoms with Crippen LogP contribution in [0.4, 0.5) is 5.69 Å². The first-order valence-corrected chi connectivity index (χ1v) is 26.3. The summed E-state index contributed by atoms with van der Waals surface area (Å²) in [6, 6.07) is 31.6. The van der Waals surface area contributed by atoms with Crippen molar-refractivity contribution in [2.24, 2.45) is 11.8 Å². The van der Waals surface area contributed by atoms with Gasteiger partial charge in [0, 0.05) is 15.7 Å². The molecule has 5 heterocycles. The molecule has 5 aliphatic rings. The Kier molecular flexibility index (Phi) is 14.3. The van der Waals surface area contributed by atoms with E-state index < -0.39 is 82.9 Å². The Bertz CT molecular complexity index is 3020. The van der Waals surface area contributed by atoms with E-state index in [9.17, 15) is 29.4 Å². The molecule has 75 heavy (non-hydrogen) atoms. The van der Waals surface area contributed by atoms with E-state index in [1.165, 1.54) is 17.0 Å². The summed E-state index contributed by atoms with van der Waals surface area (Å²) in [6.07, 6.45) is 3.91. The number of carbonyl (C=O) groups excluding carboxylic acids is 5. The Morgan fingerprint density at radius 2 is 1.53 bits per heavy atom. The van der Waals surface area contributed by atoms with Crippen LogP contribution in [-0.4, -0.2) is 113 Å². The number of piperazine rings is 1. The van der Waals surface area contributed by atoms with E-state index in [1.54, 1.807) is 48.5 Å². The normalized spacial score (nSPS) is 27.8. The number of cyclic esters (lactones) is 1. The van der Waals surface area contributed by atoms with Gasteiger partial charge in [0.25, 0.3) is 0 Å². The lowest BCUT2D eigenvalue weighted by Gasteiger charge is -2.52.